The molecule has 0 aliphatic rings. The number of amides is 1. The Hall–Kier alpha value is -1.76. The second kappa shape index (κ2) is 10.1. The molecule has 0 aliphatic heterocycles. The Balaban J connectivity index is 2.04. The molecule has 1 amide bonds. The molecule has 0 radical (unpaired) electrons. The molecule has 2 rings (SSSR count). The number of halogens is 2. The lowest BCUT2D eigenvalue weighted by Crippen LogP contribution is -2.42. The first-order chi connectivity index (χ1) is 13.2. The molecule has 0 aliphatic carbocycles. The molecule has 1 unspecified atom stereocenters. The van der Waals surface area contributed by atoms with Crippen LogP contribution in [0, 0.1) is 5.92 Å². The Kier molecular flexibility index (Phi) is 8.16. The fourth-order valence-corrected chi connectivity index (χ4v) is 4.13. The lowest BCUT2D eigenvalue weighted by atomic mass is 9.97. The van der Waals surface area contributed by atoms with Crippen molar-refractivity contribution in [3.8, 4) is 0 Å². The number of rotatable bonds is 9. The summed E-state index contributed by atoms with van der Waals surface area (Å²) in [7, 11) is -3.72. The lowest BCUT2D eigenvalue weighted by Gasteiger charge is -2.24. The van der Waals surface area contributed by atoms with Gasteiger partial charge in [0.05, 0.1) is 22.0 Å². The van der Waals surface area contributed by atoms with Gasteiger partial charge in [-0.25, -0.2) is 8.42 Å². The Morgan fingerprint density at radius 2 is 1.79 bits per heavy atom. The number of carbonyl (C=O) groups is 1. The molecule has 1 atom stereocenters. The first-order valence-electron chi connectivity index (χ1n) is 8.94. The van der Waals surface area contributed by atoms with Crippen LogP contribution in [0.2, 0.25) is 10.0 Å². The van der Waals surface area contributed by atoms with Gasteiger partial charge in [-0.05, 0) is 30.0 Å². The van der Waals surface area contributed by atoms with Crippen molar-refractivity contribution in [2.45, 2.75) is 19.8 Å². The third-order valence-corrected chi connectivity index (χ3v) is 6.36. The summed E-state index contributed by atoms with van der Waals surface area (Å²) in [5.41, 5.74) is 1.38. The lowest BCUT2D eigenvalue weighted by molar-refractivity contribution is -0.119. The first-order valence-corrected chi connectivity index (χ1v) is 11.5. The van der Waals surface area contributed by atoms with E-state index in [2.05, 4.69) is 24.4 Å². The van der Waals surface area contributed by atoms with Crippen LogP contribution in [0.3, 0.4) is 0 Å². The van der Waals surface area contributed by atoms with E-state index in [0.717, 1.165) is 23.4 Å². The predicted octanol–water partition coefficient (Wildman–Crippen LogP) is 4.14. The van der Waals surface area contributed by atoms with Crippen LogP contribution in [-0.4, -0.2) is 33.7 Å². The quantitative estimate of drug-likeness (QED) is 0.634. The maximum Gasteiger partial charge on any atom is 0.240 e. The van der Waals surface area contributed by atoms with E-state index < -0.39 is 15.9 Å². The zero-order valence-corrected chi connectivity index (χ0v) is 18.2. The van der Waals surface area contributed by atoms with Gasteiger partial charge < -0.3 is 5.32 Å². The molecule has 2 aromatic rings. The zero-order valence-electron chi connectivity index (χ0n) is 15.9. The molecule has 2 aromatic carbocycles. The van der Waals surface area contributed by atoms with Crippen LogP contribution in [0.15, 0.2) is 48.5 Å². The molecule has 0 aromatic heterocycles. The van der Waals surface area contributed by atoms with Crippen molar-refractivity contribution >= 4 is 44.8 Å². The fraction of sp³-hybridized carbons (Fsp3) is 0.350. The van der Waals surface area contributed by atoms with E-state index in [1.54, 1.807) is 12.1 Å². The standard InChI is InChI=1S/C20H24Cl2N2O3S/c1-3-15(12-16-8-5-4-6-9-16)13-23-19(25)14-24(28(2,26)27)18-11-7-10-17(21)20(18)22/h4-11,15H,3,12-14H2,1-2H3,(H,23,25). The number of nitrogens with one attached hydrogen (secondary N) is 1. The summed E-state index contributed by atoms with van der Waals surface area (Å²) >= 11 is 12.1. The number of nitrogens with zero attached hydrogens (tertiary/aromatic N) is 1. The van der Waals surface area contributed by atoms with Crippen LogP contribution in [0.5, 0.6) is 0 Å². The van der Waals surface area contributed by atoms with E-state index in [9.17, 15) is 13.2 Å². The van der Waals surface area contributed by atoms with Crippen LogP contribution < -0.4 is 9.62 Å². The van der Waals surface area contributed by atoms with Crippen molar-refractivity contribution in [3.63, 3.8) is 0 Å². The minimum absolute atomic E-state index is 0.0953. The summed E-state index contributed by atoms with van der Waals surface area (Å²) < 4.78 is 25.4. The molecular weight excluding hydrogens is 419 g/mol. The van der Waals surface area contributed by atoms with Gasteiger partial charge in [0.2, 0.25) is 15.9 Å². The Bertz CT molecular complexity index is 905. The molecule has 0 saturated heterocycles. The zero-order chi connectivity index (χ0) is 20.7. The van der Waals surface area contributed by atoms with Crippen LogP contribution in [0.1, 0.15) is 18.9 Å². The minimum Gasteiger partial charge on any atom is -0.354 e. The van der Waals surface area contributed by atoms with Crippen molar-refractivity contribution in [2.75, 3.05) is 23.7 Å². The largest absolute Gasteiger partial charge is 0.354 e. The molecule has 0 spiro atoms. The highest BCUT2D eigenvalue weighted by molar-refractivity contribution is 7.92. The Morgan fingerprint density at radius 1 is 1.11 bits per heavy atom. The Labute approximate surface area is 176 Å². The van der Waals surface area contributed by atoms with Crippen molar-refractivity contribution in [1.29, 1.82) is 0 Å². The van der Waals surface area contributed by atoms with E-state index in [1.165, 1.54) is 11.6 Å². The van der Waals surface area contributed by atoms with E-state index >= 15 is 0 Å². The van der Waals surface area contributed by atoms with Gasteiger partial charge in [0.25, 0.3) is 0 Å². The van der Waals surface area contributed by atoms with E-state index in [0.29, 0.717) is 6.54 Å². The van der Waals surface area contributed by atoms with Crippen LogP contribution in [0.4, 0.5) is 5.69 Å². The second-order valence-electron chi connectivity index (χ2n) is 6.61. The Morgan fingerprint density at radius 3 is 2.39 bits per heavy atom. The highest BCUT2D eigenvalue weighted by atomic mass is 35.5. The number of anilines is 1. The topological polar surface area (TPSA) is 66.5 Å². The third-order valence-electron chi connectivity index (χ3n) is 4.42. The normalized spacial score (nSPS) is 12.4. The molecule has 1 N–H and O–H groups in total. The average molecular weight is 443 g/mol. The summed E-state index contributed by atoms with van der Waals surface area (Å²) in [4.78, 5) is 12.4. The molecule has 0 bridgehead atoms. The summed E-state index contributed by atoms with van der Waals surface area (Å²) in [6, 6.07) is 14.7. The monoisotopic (exact) mass is 442 g/mol. The summed E-state index contributed by atoms with van der Waals surface area (Å²) in [5, 5.41) is 3.16. The smallest absolute Gasteiger partial charge is 0.240 e. The van der Waals surface area contributed by atoms with Crippen molar-refractivity contribution in [3.05, 3.63) is 64.1 Å². The van der Waals surface area contributed by atoms with Gasteiger partial charge in [-0.1, -0.05) is 72.9 Å². The molecule has 8 heteroatoms. The van der Waals surface area contributed by atoms with Gasteiger partial charge in [-0.15, -0.1) is 0 Å². The van der Waals surface area contributed by atoms with E-state index in [4.69, 9.17) is 23.2 Å². The number of benzene rings is 2. The number of hydrogen-bond donors (Lipinski definition) is 1. The molecule has 28 heavy (non-hydrogen) atoms. The average Bonchev–Trinajstić information content (AvgIpc) is 2.65. The van der Waals surface area contributed by atoms with Crippen molar-refractivity contribution in [2.24, 2.45) is 5.92 Å². The number of hydrogen-bond acceptors (Lipinski definition) is 3. The van der Waals surface area contributed by atoms with E-state index in [1.807, 2.05) is 18.2 Å². The van der Waals surface area contributed by atoms with Gasteiger partial charge in [0.15, 0.2) is 0 Å². The van der Waals surface area contributed by atoms with E-state index in [-0.39, 0.29) is 28.2 Å². The maximum absolute atomic E-state index is 12.4. The van der Waals surface area contributed by atoms with Crippen LogP contribution in [-0.2, 0) is 21.2 Å². The third kappa shape index (κ3) is 6.40. The molecule has 0 saturated carbocycles. The number of sulfonamides is 1. The summed E-state index contributed by atoms with van der Waals surface area (Å²) in [6.45, 7) is 2.17. The van der Waals surface area contributed by atoms with Crippen LogP contribution >= 0.6 is 23.2 Å². The van der Waals surface area contributed by atoms with Gasteiger partial charge in [-0.2, -0.15) is 0 Å². The molecule has 5 nitrogen and oxygen atoms in total. The predicted molar refractivity (Wildman–Crippen MR) is 116 cm³/mol. The minimum atomic E-state index is -3.72. The molecule has 152 valence electrons. The highest BCUT2D eigenvalue weighted by Crippen LogP contribution is 2.33. The van der Waals surface area contributed by atoms with Crippen molar-refractivity contribution in [1.82, 2.24) is 5.32 Å². The van der Waals surface area contributed by atoms with Gasteiger partial charge >= 0.3 is 0 Å². The van der Waals surface area contributed by atoms with Crippen LogP contribution in [0.25, 0.3) is 0 Å². The first kappa shape index (κ1) is 22.5. The summed E-state index contributed by atoms with van der Waals surface area (Å²) in [6.07, 6.45) is 2.76. The molecular formula is C20H24Cl2N2O3S. The molecule has 0 fully saturated rings. The SMILES string of the molecule is CCC(CNC(=O)CN(c1cccc(Cl)c1Cl)S(C)(=O)=O)Cc1ccccc1. The summed E-state index contributed by atoms with van der Waals surface area (Å²) in [5.74, 6) is -0.138. The molecule has 0 heterocycles. The highest BCUT2D eigenvalue weighted by Gasteiger charge is 2.24. The van der Waals surface area contributed by atoms with Gasteiger partial charge in [0.1, 0.15) is 6.54 Å². The fourth-order valence-electron chi connectivity index (χ4n) is 2.82. The maximum atomic E-state index is 12.4. The van der Waals surface area contributed by atoms with Gasteiger partial charge in [0, 0.05) is 6.54 Å². The number of carbonyl (C=O) groups excluding carboxylic acids is 1. The van der Waals surface area contributed by atoms with Gasteiger partial charge in [-0.3, -0.25) is 9.10 Å². The second-order valence-corrected chi connectivity index (χ2v) is 9.30. The van der Waals surface area contributed by atoms with Crippen molar-refractivity contribution < 1.29 is 13.2 Å².